The monoisotopic (exact) mass is 439 g/mol. The van der Waals surface area contributed by atoms with Crippen LogP contribution in [0.3, 0.4) is 0 Å². The Kier molecular flexibility index (Phi) is 5.41. The smallest absolute Gasteiger partial charge is 0.308 e. The van der Waals surface area contributed by atoms with Gasteiger partial charge in [-0.15, -0.1) is 0 Å². The summed E-state index contributed by atoms with van der Waals surface area (Å²) in [4.78, 5) is 12.5. The number of benzene rings is 3. The lowest BCUT2D eigenvalue weighted by molar-refractivity contribution is 0.262. The summed E-state index contributed by atoms with van der Waals surface area (Å²) < 4.78 is 41.1. The van der Waals surface area contributed by atoms with Crippen molar-refractivity contribution in [2.45, 2.75) is 25.2 Å². The zero-order chi connectivity index (χ0) is 22.2. The number of aryl methyl sites for hydroxylation is 2. The van der Waals surface area contributed by atoms with Crippen molar-refractivity contribution in [3.05, 3.63) is 83.2 Å². The first kappa shape index (κ1) is 20.9. The summed E-state index contributed by atoms with van der Waals surface area (Å²) in [6, 6.07) is 15.8. The number of hydrogen-bond donors (Lipinski definition) is 2. The van der Waals surface area contributed by atoms with E-state index in [4.69, 9.17) is 0 Å². The van der Waals surface area contributed by atoms with Gasteiger partial charge < -0.3 is 10.6 Å². The van der Waals surface area contributed by atoms with Crippen LogP contribution < -0.4 is 14.9 Å². The van der Waals surface area contributed by atoms with Crippen molar-refractivity contribution in [1.82, 2.24) is 0 Å². The lowest BCUT2D eigenvalue weighted by Gasteiger charge is -2.20. The minimum absolute atomic E-state index is 0.248. The summed E-state index contributed by atoms with van der Waals surface area (Å²) in [6.07, 6.45) is 0.542. The van der Waals surface area contributed by atoms with Crippen LogP contribution in [0.2, 0.25) is 0 Å². The highest BCUT2D eigenvalue weighted by Crippen LogP contribution is 2.34. The van der Waals surface area contributed by atoms with Crippen LogP contribution in [-0.4, -0.2) is 21.0 Å². The number of nitrogens with one attached hydrogen (secondary N) is 2. The molecule has 31 heavy (non-hydrogen) atoms. The molecule has 0 unspecified atom stereocenters. The lowest BCUT2D eigenvalue weighted by Crippen LogP contribution is -2.29. The SMILES string of the molecule is Cc1ccc(S(=O)(=O)N2CCc3cc(NC(=O)Nc4ccc(C)c(F)c4)ccc32)cc1. The summed E-state index contributed by atoms with van der Waals surface area (Å²) >= 11 is 0. The fourth-order valence-corrected chi connectivity index (χ4v) is 5.00. The highest BCUT2D eigenvalue weighted by atomic mass is 32.2. The maximum atomic E-state index is 13.7. The first-order chi connectivity index (χ1) is 14.7. The molecule has 0 aromatic heterocycles. The Morgan fingerprint density at radius 1 is 0.935 bits per heavy atom. The third-order valence-electron chi connectivity index (χ3n) is 5.23. The van der Waals surface area contributed by atoms with E-state index >= 15 is 0 Å². The number of carbonyl (C=O) groups excluding carboxylic acids is 1. The van der Waals surface area contributed by atoms with E-state index in [9.17, 15) is 17.6 Å². The van der Waals surface area contributed by atoms with E-state index in [0.29, 0.717) is 35.6 Å². The zero-order valence-electron chi connectivity index (χ0n) is 17.1. The maximum Gasteiger partial charge on any atom is 0.323 e. The summed E-state index contributed by atoms with van der Waals surface area (Å²) in [5, 5.41) is 5.29. The number of urea groups is 1. The molecule has 160 valence electrons. The molecule has 0 fully saturated rings. The summed E-state index contributed by atoms with van der Waals surface area (Å²) in [7, 11) is -3.65. The Balaban J connectivity index is 1.50. The minimum Gasteiger partial charge on any atom is -0.308 e. The third kappa shape index (κ3) is 4.25. The summed E-state index contributed by atoms with van der Waals surface area (Å²) in [5.74, 6) is -0.398. The van der Waals surface area contributed by atoms with Crippen LogP contribution in [0.5, 0.6) is 0 Å². The molecular formula is C23H22FN3O3S. The number of carbonyl (C=O) groups is 1. The van der Waals surface area contributed by atoms with E-state index in [1.54, 1.807) is 61.5 Å². The molecule has 2 N–H and O–H groups in total. The molecule has 2 amide bonds. The van der Waals surface area contributed by atoms with Crippen LogP contribution in [-0.2, 0) is 16.4 Å². The van der Waals surface area contributed by atoms with Crippen LogP contribution in [0.25, 0.3) is 0 Å². The molecule has 3 aromatic rings. The van der Waals surface area contributed by atoms with Gasteiger partial charge in [0.1, 0.15) is 5.82 Å². The quantitative estimate of drug-likeness (QED) is 0.611. The van der Waals surface area contributed by atoms with Crippen LogP contribution in [0, 0.1) is 19.7 Å². The molecule has 0 bridgehead atoms. The van der Waals surface area contributed by atoms with Crippen molar-refractivity contribution in [3.63, 3.8) is 0 Å². The highest BCUT2D eigenvalue weighted by Gasteiger charge is 2.31. The second-order valence-electron chi connectivity index (χ2n) is 7.53. The number of halogens is 1. The summed E-state index contributed by atoms with van der Waals surface area (Å²) in [5.41, 5.74) is 3.79. The van der Waals surface area contributed by atoms with Gasteiger partial charge in [0, 0.05) is 17.9 Å². The normalized spacial score (nSPS) is 13.1. The molecule has 8 heteroatoms. The van der Waals surface area contributed by atoms with Gasteiger partial charge in [-0.25, -0.2) is 17.6 Å². The minimum atomic E-state index is -3.65. The molecule has 4 rings (SSSR count). The maximum absolute atomic E-state index is 13.7. The number of sulfonamides is 1. The predicted molar refractivity (Wildman–Crippen MR) is 120 cm³/mol. The second-order valence-corrected chi connectivity index (χ2v) is 9.39. The van der Waals surface area contributed by atoms with Gasteiger partial charge in [0.2, 0.25) is 0 Å². The Labute approximate surface area is 180 Å². The molecule has 1 aliphatic heterocycles. The molecule has 1 heterocycles. The molecule has 0 radical (unpaired) electrons. The van der Waals surface area contributed by atoms with E-state index < -0.39 is 21.9 Å². The van der Waals surface area contributed by atoms with Crippen molar-refractivity contribution >= 4 is 33.1 Å². The first-order valence-electron chi connectivity index (χ1n) is 9.80. The Hall–Kier alpha value is -3.39. The van der Waals surface area contributed by atoms with Gasteiger partial charge in [0.25, 0.3) is 10.0 Å². The second kappa shape index (κ2) is 8.03. The number of anilines is 3. The number of rotatable bonds is 4. The van der Waals surface area contributed by atoms with Gasteiger partial charge in [-0.05, 0) is 73.9 Å². The van der Waals surface area contributed by atoms with E-state index in [1.807, 2.05) is 6.92 Å². The van der Waals surface area contributed by atoms with Crippen molar-refractivity contribution in [2.75, 3.05) is 21.5 Å². The standard InChI is InChI=1S/C23H22FN3O3S/c1-15-3-8-20(9-4-15)31(29,30)27-12-11-17-13-18(7-10-22(17)27)25-23(28)26-19-6-5-16(2)21(24)14-19/h3-10,13-14H,11-12H2,1-2H3,(H2,25,26,28). The van der Waals surface area contributed by atoms with Gasteiger partial charge in [-0.2, -0.15) is 0 Å². The Bertz CT molecular complexity index is 1260. The van der Waals surface area contributed by atoms with E-state index in [0.717, 1.165) is 11.1 Å². The van der Waals surface area contributed by atoms with Gasteiger partial charge >= 0.3 is 6.03 Å². The van der Waals surface area contributed by atoms with E-state index in [2.05, 4.69) is 10.6 Å². The Morgan fingerprint density at radius 3 is 2.26 bits per heavy atom. The number of hydrogen-bond acceptors (Lipinski definition) is 3. The fourth-order valence-electron chi connectivity index (χ4n) is 3.50. The predicted octanol–water partition coefficient (Wildman–Crippen LogP) is 4.84. The van der Waals surface area contributed by atoms with Crippen LogP contribution in [0.15, 0.2) is 65.6 Å². The number of fused-ring (bicyclic) bond motifs is 1. The number of amides is 2. The highest BCUT2D eigenvalue weighted by molar-refractivity contribution is 7.92. The van der Waals surface area contributed by atoms with Gasteiger partial charge in [-0.1, -0.05) is 23.8 Å². The van der Waals surface area contributed by atoms with Crippen molar-refractivity contribution in [2.24, 2.45) is 0 Å². The van der Waals surface area contributed by atoms with Gasteiger partial charge in [-0.3, -0.25) is 4.31 Å². The zero-order valence-corrected chi connectivity index (χ0v) is 18.0. The largest absolute Gasteiger partial charge is 0.323 e. The molecule has 3 aromatic carbocycles. The first-order valence-corrected chi connectivity index (χ1v) is 11.2. The third-order valence-corrected chi connectivity index (χ3v) is 7.06. The number of nitrogens with zero attached hydrogens (tertiary/aromatic N) is 1. The van der Waals surface area contributed by atoms with Gasteiger partial charge in [0.15, 0.2) is 0 Å². The molecule has 0 spiro atoms. The van der Waals surface area contributed by atoms with Crippen molar-refractivity contribution in [3.8, 4) is 0 Å². The average Bonchev–Trinajstić information content (AvgIpc) is 3.15. The molecule has 0 saturated carbocycles. The fraction of sp³-hybridized carbons (Fsp3) is 0.174. The molecular weight excluding hydrogens is 417 g/mol. The molecule has 6 nitrogen and oxygen atoms in total. The van der Waals surface area contributed by atoms with Crippen LogP contribution in [0.1, 0.15) is 16.7 Å². The van der Waals surface area contributed by atoms with Gasteiger partial charge in [0.05, 0.1) is 10.6 Å². The molecule has 0 atom stereocenters. The van der Waals surface area contributed by atoms with Crippen LogP contribution >= 0.6 is 0 Å². The van der Waals surface area contributed by atoms with Crippen molar-refractivity contribution in [1.29, 1.82) is 0 Å². The van der Waals surface area contributed by atoms with E-state index in [1.165, 1.54) is 10.4 Å². The molecule has 0 aliphatic carbocycles. The summed E-state index contributed by atoms with van der Waals surface area (Å²) in [6.45, 7) is 3.89. The average molecular weight is 440 g/mol. The topological polar surface area (TPSA) is 78.5 Å². The molecule has 0 saturated heterocycles. The Morgan fingerprint density at radius 2 is 1.58 bits per heavy atom. The van der Waals surface area contributed by atoms with Crippen LogP contribution in [0.4, 0.5) is 26.2 Å². The van der Waals surface area contributed by atoms with Crippen molar-refractivity contribution < 1.29 is 17.6 Å². The molecule has 1 aliphatic rings. The lowest BCUT2D eigenvalue weighted by atomic mass is 10.1. The van der Waals surface area contributed by atoms with E-state index in [-0.39, 0.29) is 4.90 Å².